The fraction of sp³-hybridized carbons (Fsp3) is 0.250. The first-order valence-electron chi connectivity index (χ1n) is 14.0. The number of likely N-dealkylation sites (N-methyl/N-ethyl adjacent to an activating group) is 2. The van der Waals surface area contributed by atoms with E-state index in [0.717, 1.165) is 46.5 Å². The van der Waals surface area contributed by atoms with E-state index >= 15 is 0 Å². The van der Waals surface area contributed by atoms with Gasteiger partial charge in [0.1, 0.15) is 41.7 Å². The molecular formula is C32H33FN8O2. The molecular weight excluding hydrogens is 547 g/mol. The van der Waals surface area contributed by atoms with Crippen LogP contribution in [0, 0.1) is 5.82 Å². The van der Waals surface area contributed by atoms with Crippen molar-refractivity contribution in [2.24, 2.45) is 0 Å². The number of hydrogen-bond acceptors (Lipinski definition) is 8. The summed E-state index contributed by atoms with van der Waals surface area (Å²) in [4.78, 5) is 21.4. The highest BCUT2D eigenvalue weighted by molar-refractivity contribution is 5.99. The standard InChI is InChI=1S/C32H33FN8O2/c1-40(2)9-11-42-23-14-20(13-22(33)16-23)30-25-17-29(36-27(25)7-8-35-30)32-31-28(38-39-32)6-5-26(37-31)21-15-24(19-34-18-21)43-12-10-41(3)4/h5-8,13-19,36H,9-12H2,1-4H3,(H,38,39). The van der Waals surface area contributed by atoms with Gasteiger partial charge in [0.05, 0.1) is 28.8 Å². The SMILES string of the molecule is CN(C)CCOc1cncc(-c2ccc3[nH]nc(-c4cc5c(-c6cc(F)cc(OCCN(C)C)c6)nccc5[nH]4)c3n2)c1. The zero-order valence-electron chi connectivity index (χ0n) is 24.6. The molecule has 0 saturated carbocycles. The molecule has 0 radical (unpaired) electrons. The number of rotatable bonds is 11. The lowest BCUT2D eigenvalue weighted by molar-refractivity contribution is 0.260. The van der Waals surface area contributed by atoms with Gasteiger partial charge in [-0.05, 0) is 70.7 Å². The monoisotopic (exact) mass is 580 g/mol. The highest BCUT2D eigenvalue weighted by Gasteiger charge is 2.17. The normalized spacial score (nSPS) is 11.7. The maximum Gasteiger partial charge on any atom is 0.138 e. The van der Waals surface area contributed by atoms with Crippen molar-refractivity contribution in [3.63, 3.8) is 0 Å². The minimum Gasteiger partial charge on any atom is -0.492 e. The lowest BCUT2D eigenvalue weighted by Gasteiger charge is -2.12. The number of nitrogens with zero attached hydrogens (tertiary/aromatic N) is 6. The highest BCUT2D eigenvalue weighted by Crippen LogP contribution is 2.34. The summed E-state index contributed by atoms with van der Waals surface area (Å²) in [5.41, 5.74) is 6.64. The molecule has 5 aromatic heterocycles. The van der Waals surface area contributed by atoms with E-state index in [4.69, 9.17) is 14.5 Å². The van der Waals surface area contributed by atoms with Gasteiger partial charge in [0.15, 0.2) is 0 Å². The number of H-pyrrole nitrogens is 2. The number of ether oxygens (including phenoxy) is 2. The molecule has 0 aliphatic heterocycles. The fourth-order valence-electron chi connectivity index (χ4n) is 4.77. The van der Waals surface area contributed by atoms with E-state index in [1.807, 2.05) is 69.5 Å². The van der Waals surface area contributed by atoms with Gasteiger partial charge < -0.3 is 24.3 Å². The van der Waals surface area contributed by atoms with Crippen molar-refractivity contribution in [3.05, 3.63) is 72.9 Å². The molecule has 0 atom stereocenters. The van der Waals surface area contributed by atoms with E-state index in [-0.39, 0.29) is 5.82 Å². The van der Waals surface area contributed by atoms with Crippen LogP contribution in [0.4, 0.5) is 4.39 Å². The zero-order valence-corrected chi connectivity index (χ0v) is 24.6. The Morgan fingerprint density at radius 2 is 1.56 bits per heavy atom. The van der Waals surface area contributed by atoms with Crippen molar-refractivity contribution in [1.29, 1.82) is 0 Å². The van der Waals surface area contributed by atoms with Crippen molar-refractivity contribution in [2.75, 3.05) is 54.5 Å². The van der Waals surface area contributed by atoms with Crippen LogP contribution in [0.1, 0.15) is 0 Å². The van der Waals surface area contributed by atoms with Crippen LogP contribution in [0.15, 0.2) is 67.1 Å². The maximum atomic E-state index is 14.6. The van der Waals surface area contributed by atoms with Crippen molar-refractivity contribution in [1.82, 2.24) is 39.9 Å². The Labute approximate surface area is 248 Å². The second kappa shape index (κ2) is 12.2. The third kappa shape index (κ3) is 6.32. The first kappa shape index (κ1) is 28.3. The molecule has 0 aliphatic carbocycles. The molecule has 6 aromatic rings. The lowest BCUT2D eigenvalue weighted by atomic mass is 10.1. The van der Waals surface area contributed by atoms with Gasteiger partial charge in [-0.25, -0.2) is 9.37 Å². The summed E-state index contributed by atoms with van der Waals surface area (Å²) < 4.78 is 26.3. The first-order valence-corrected chi connectivity index (χ1v) is 14.0. The molecule has 11 heteroatoms. The molecule has 0 bridgehead atoms. The Bertz CT molecular complexity index is 1880. The number of fused-ring (bicyclic) bond motifs is 2. The molecule has 0 saturated heterocycles. The van der Waals surface area contributed by atoms with Gasteiger partial charge in [0.2, 0.25) is 0 Å². The summed E-state index contributed by atoms with van der Waals surface area (Å²) in [6.07, 6.45) is 5.18. The number of pyridine rings is 3. The van der Waals surface area contributed by atoms with Gasteiger partial charge in [0.25, 0.3) is 0 Å². The number of nitrogens with one attached hydrogen (secondary N) is 2. The quantitative estimate of drug-likeness (QED) is 0.214. The largest absolute Gasteiger partial charge is 0.492 e. The molecule has 5 heterocycles. The molecule has 43 heavy (non-hydrogen) atoms. The maximum absolute atomic E-state index is 14.6. The molecule has 220 valence electrons. The van der Waals surface area contributed by atoms with E-state index in [1.165, 1.54) is 12.1 Å². The average Bonchev–Trinajstić information content (AvgIpc) is 3.60. The fourth-order valence-corrected chi connectivity index (χ4v) is 4.77. The van der Waals surface area contributed by atoms with Crippen molar-refractivity contribution >= 4 is 21.9 Å². The van der Waals surface area contributed by atoms with E-state index < -0.39 is 0 Å². The molecule has 0 amide bonds. The minimum atomic E-state index is -0.386. The third-order valence-corrected chi connectivity index (χ3v) is 6.98. The molecule has 0 aliphatic rings. The molecule has 1 aromatic carbocycles. The number of hydrogen-bond donors (Lipinski definition) is 2. The van der Waals surface area contributed by atoms with Gasteiger partial charge in [-0.15, -0.1) is 0 Å². The second-order valence-corrected chi connectivity index (χ2v) is 10.9. The van der Waals surface area contributed by atoms with E-state index in [9.17, 15) is 4.39 Å². The van der Waals surface area contributed by atoms with E-state index in [1.54, 1.807) is 18.6 Å². The Morgan fingerprint density at radius 3 is 2.35 bits per heavy atom. The van der Waals surface area contributed by atoms with E-state index in [2.05, 4.69) is 30.0 Å². The smallest absolute Gasteiger partial charge is 0.138 e. The van der Waals surface area contributed by atoms with Gasteiger partial charge in [-0.2, -0.15) is 5.10 Å². The Morgan fingerprint density at radius 1 is 0.791 bits per heavy atom. The minimum absolute atomic E-state index is 0.386. The Kier molecular flexibility index (Phi) is 7.99. The van der Waals surface area contributed by atoms with Crippen LogP contribution >= 0.6 is 0 Å². The van der Waals surface area contributed by atoms with E-state index in [0.29, 0.717) is 47.2 Å². The van der Waals surface area contributed by atoms with Gasteiger partial charge in [0, 0.05) is 53.6 Å². The van der Waals surface area contributed by atoms with Gasteiger partial charge in [-0.3, -0.25) is 15.1 Å². The first-order chi connectivity index (χ1) is 20.8. The molecule has 0 unspecified atom stereocenters. The average molecular weight is 581 g/mol. The predicted molar refractivity (Wildman–Crippen MR) is 166 cm³/mol. The third-order valence-electron chi connectivity index (χ3n) is 6.98. The van der Waals surface area contributed by atoms with Gasteiger partial charge >= 0.3 is 0 Å². The zero-order chi connectivity index (χ0) is 29.9. The molecule has 6 rings (SSSR count). The van der Waals surface area contributed by atoms with Crippen molar-refractivity contribution in [3.8, 4) is 45.4 Å². The van der Waals surface area contributed by atoms with Crippen LogP contribution in [0.2, 0.25) is 0 Å². The van der Waals surface area contributed by atoms with Gasteiger partial charge in [-0.1, -0.05) is 0 Å². The van der Waals surface area contributed by atoms with Crippen molar-refractivity contribution < 1.29 is 13.9 Å². The second-order valence-electron chi connectivity index (χ2n) is 10.9. The lowest BCUT2D eigenvalue weighted by Crippen LogP contribution is -2.19. The molecule has 10 nitrogen and oxygen atoms in total. The number of aromatic amines is 2. The van der Waals surface area contributed by atoms with Crippen LogP contribution in [0.25, 0.3) is 55.8 Å². The van der Waals surface area contributed by atoms with Crippen molar-refractivity contribution in [2.45, 2.75) is 0 Å². The highest BCUT2D eigenvalue weighted by atomic mass is 19.1. The molecule has 0 spiro atoms. The summed E-state index contributed by atoms with van der Waals surface area (Å²) >= 11 is 0. The summed E-state index contributed by atoms with van der Waals surface area (Å²) in [6, 6.07) is 14.4. The number of benzene rings is 1. The predicted octanol–water partition coefficient (Wildman–Crippen LogP) is 5.25. The number of aromatic nitrogens is 6. The van der Waals surface area contributed by atoms with Crippen LogP contribution in [-0.2, 0) is 0 Å². The van der Waals surface area contributed by atoms with Crippen LogP contribution in [-0.4, -0.2) is 94.4 Å². The van der Waals surface area contributed by atoms with Crippen LogP contribution < -0.4 is 9.47 Å². The molecule has 0 fully saturated rings. The van der Waals surface area contributed by atoms with Crippen LogP contribution in [0.5, 0.6) is 11.5 Å². The summed E-state index contributed by atoms with van der Waals surface area (Å²) in [7, 11) is 7.94. The summed E-state index contributed by atoms with van der Waals surface area (Å²) in [5.74, 6) is 0.764. The number of halogens is 1. The summed E-state index contributed by atoms with van der Waals surface area (Å²) in [5, 5.41) is 8.50. The Balaban J connectivity index is 1.33. The summed E-state index contributed by atoms with van der Waals surface area (Å²) in [6.45, 7) is 2.54. The Hall–Kier alpha value is -4.87. The van der Waals surface area contributed by atoms with Crippen LogP contribution in [0.3, 0.4) is 0 Å². The molecule has 2 N–H and O–H groups in total. The topological polar surface area (TPSA) is 108 Å².